The second-order valence-electron chi connectivity index (χ2n) is 5.41. The summed E-state index contributed by atoms with van der Waals surface area (Å²) in [4.78, 5) is 28.3. The number of hydrogen-bond donors (Lipinski definition) is 1. The van der Waals surface area contributed by atoms with Crippen LogP contribution in [0.2, 0.25) is 0 Å². The third kappa shape index (κ3) is 3.88. The Morgan fingerprint density at radius 2 is 1.96 bits per heavy atom. The maximum atomic E-state index is 12.1. The zero-order valence-corrected chi connectivity index (χ0v) is 13.8. The average Bonchev–Trinajstić information content (AvgIpc) is 2.91. The zero-order chi connectivity index (χ0) is 16.8. The first-order valence-electron chi connectivity index (χ1n) is 7.89. The summed E-state index contributed by atoms with van der Waals surface area (Å²) in [5.74, 6) is 0.330. The fourth-order valence-electron chi connectivity index (χ4n) is 2.60. The molecular formula is C17H23N3O3. The van der Waals surface area contributed by atoms with E-state index in [0.29, 0.717) is 12.4 Å². The Morgan fingerprint density at radius 3 is 2.61 bits per heavy atom. The molecule has 0 aliphatic heterocycles. The van der Waals surface area contributed by atoms with Gasteiger partial charge < -0.3 is 14.6 Å². The number of methoxy groups -OCH3 is 1. The van der Waals surface area contributed by atoms with E-state index in [1.165, 1.54) is 7.11 Å². The van der Waals surface area contributed by atoms with Gasteiger partial charge in [-0.15, -0.1) is 0 Å². The van der Waals surface area contributed by atoms with Gasteiger partial charge in [0.2, 0.25) is 5.91 Å². The normalized spacial score (nSPS) is 11.0. The summed E-state index contributed by atoms with van der Waals surface area (Å²) in [6.07, 6.45) is 1.61. The first kappa shape index (κ1) is 17.0. The summed E-state index contributed by atoms with van der Waals surface area (Å²) in [5.41, 5.74) is 1.65. The Balaban J connectivity index is 2.23. The number of ether oxygens (including phenoxy) is 1. The lowest BCUT2D eigenvalue weighted by molar-refractivity contribution is -0.141. The van der Waals surface area contributed by atoms with E-state index in [9.17, 15) is 9.59 Å². The van der Waals surface area contributed by atoms with Crippen LogP contribution in [0.15, 0.2) is 24.3 Å². The summed E-state index contributed by atoms with van der Waals surface area (Å²) in [5, 5.41) is 2.92. The lowest BCUT2D eigenvalue weighted by atomic mass is 10.0. The third-order valence-electron chi connectivity index (χ3n) is 4.03. The molecule has 0 aliphatic rings. The molecule has 1 N–H and O–H groups in total. The minimum absolute atomic E-state index is 0.00781. The van der Waals surface area contributed by atoms with Crippen LogP contribution in [0.25, 0.3) is 11.0 Å². The predicted octanol–water partition coefficient (Wildman–Crippen LogP) is 2.26. The van der Waals surface area contributed by atoms with Gasteiger partial charge in [0.05, 0.1) is 24.7 Å². The zero-order valence-electron chi connectivity index (χ0n) is 13.8. The molecule has 0 fully saturated rings. The fraction of sp³-hybridized carbons (Fsp3) is 0.471. The number of carbonyl (C=O) groups excluding carboxylic acids is 2. The number of carbonyl (C=O) groups is 2. The lowest BCUT2D eigenvalue weighted by Gasteiger charge is -2.13. The van der Waals surface area contributed by atoms with Crippen molar-refractivity contribution in [3.05, 3.63) is 30.1 Å². The molecule has 0 saturated heterocycles. The number of benzene rings is 1. The standard InChI is InChI=1S/C17H23N3O3/c1-4-12(5-2)17(22)18-10-15-19-13-8-6-7-9-14(13)20(15)11-16(21)23-3/h6-9,12H,4-5,10-11H2,1-3H3,(H,18,22). The van der Waals surface area contributed by atoms with Crippen LogP contribution < -0.4 is 5.32 Å². The fourth-order valence-corrected chi connectivity index (χ4v) is 2.60. The van der Waals surface area contributed by atoms with E-state index < -0.39 is 0 Å². The van der Waals surface area contributed by atoms with Gasteiger partial charge in [0.25, 0.3) is 0 Å². The van der Waals surface area contributed by atoms with Crippen LogP contribution in [0.4, 0.5) is 0 Å². The molecule has 2 aromatic rings. The van der Waals surface area contributed by atoms with Crippen molar-refractivity contribution in [3.63, 3.8) is 0 Å². The van der Waals surface area contributed by atoms with Crippen LogP contribution in [-0.2, 0) is 27.4 Å². The van der Waals surface area contributed by atoms with Crippen molar-refractivity contribution in [1.29, 1.82) is 0 Å². The molecule has 0 unspecified atom stereocenters. The van der Waals surface area contributed by atoms with Crippen molar-refractivity contribution in [2.45, 2.75) is 39.8 Å². The summed E-state index contributed by atoms with van der Waals surface area (Å²) in [6, 6.07) is 7.57. The van der Waals surface area contributed by atoms with Gasteiger partial charge in [0, 0.05) is 5.92 Å². The minimum atomic E-state index is -0.347. The Hall–Kier alpha value is -2.37. The van der Waals surface area contributed by atoms with Crippen LogP contribution in [0, 0.1) is 5.92 Å². The maximum absolute atomic E-state index is 12.1. The van der Waals surface area contributed by atoms with Gasteiger partial charge in [-0.25, -0.2) is 4.98 Å². The van der Waals surface area contributed by atoms with E-state index in [1.807, 2.05) is 38.1 Å². The monoisotopic (exact) mass is 317 g/mol. The van der Waals surface area contributed by atoms with Gasteiger partial charge in [0.1, 0.15) is 12.4 Å². The smallest absolute Gasteiger partial charge is 0.325 e. The van der Waals surface area contributed by atoms with Gasteiger partial charge in [-0.05, 0) is 25.0 Å². The molecule has 1 amide bonds. The Kier molecular flexibility index (Phi) is 5.73. The van der Waals surface area contributed by atoms with E-state index in [4.69, 9.17) is 4.74 Å². The highest BCUT2D eigenvalue weighted by molar-refractivity contribution is 5.80. The van der Waals surface area contributed by atoms with Crippen molar-refractivity contribution in [1.82, 2.24) is 14.9 Å². The number of rotatable bonds is 7. The lowest BCUT2D eigenvalue weighted by Crippen LogP contribution is -2.31. The average molecular weight is 317 g/mol. The third-order valence-corrected chi connectivity index (χ3v) is 4.03. The highest BCUT2D eigenvalue weighted by Crippen LogP contribution is 2.16. The van der Waals surface area contributed by atoms with Crippen LogP contribution in [0.3, 0.4) is 0 Å². The molecule has 124 valence electrons. The Morgan fingerprint density at radius 1 is 1.26 bits per heavy atom. The molecule has 6 heteroatoms. The maximum Gasteiger partial charge on any atom is 0.325 e. The molecule has 0 radical (unpaired) electrons. The highest BCUT2D eigenvalue weighted by atomic mass is 16.5. The van der Waals surface area contributed by atoms with E-state index in [0.717, 1.165) is 23.9 Å². The SMILES string of the molecule is CCC(CC)C(=O)NCc1nc2ccccc2n1CC(=O)OC. The van der Waals surface area contributed by atoms with E-state index in [-0.39, 0.29) is 24.3 Å². The molecule has 0 saturated carbocycles. The van der Waals surface area contributed by atoms with Crippen LogP contribution >= 0.6 is 0 Å². The van der Waals surface area contributed by atoms with E-state index in [1.54, 1.807) is 4.57 Å². The Bertz CT molecular complexity index is 689. The first-order chi connectivity index (χ1) is 11.1. The van der Waals surface area contributed by atoms with Gasteiger partial charge in [-0.2, -0.15) is 0 Å². The number of hydrogen-bond acceptors (Lipinski definition) is 4. The summed E-state index contributed by atoms with van der Waals surface area (Å²) in [6.45, 7) is 4.37. The number of nitrogens with one attached hydrogen (secondary N) is 1. The summed E-state index contributed by atoms with van der Waals surface area (Å²) < 4.78 is 6.54. The second-order valence-corrected chi connectivity index (χ2v) is 5.41. The number of nitrogens with zero attached hydrogens (tertiary/aromatic N) is 2. The molecule has 1 aromatic carbocycles. The molecular weight excluding hydrogens is 294 g/mol. The minimum Gasteiger partial charge on any atom is -0.468 e. The topological polar surface area (TPSA) is 73.2 Å². The number of esters is 1. The summed E-state index contributed by atoms with van der Waals surface area (Å²) in [7, 11) is 1.36. The largest absolute Gasteiger partial charge is 0.468 e. The number of amides is 1. The van der Waals surface area contributed by atoms with Crippen LogP contribution in [0.1, 0.15) is 32.5 Å². The molecule has 0 aliphatic carbocycles. The molecule has 0 spiro atoms. The van der Waals surface area contributed by atoms with Gasteiger partial charge in [-0.1, -0.05) is 26.0 Å². The first-order valence-corrected chi connectivity index (χ1v) is 7.89. The highest BCUT2D eigenvalue weighted by Gasteiger charge is 2.17. The molecule has 1 aromatic heterocycles. The number of para-hydroxylation sites is 2. The van der Waals surface area contributed by atoms with Crippen molar-refractivity contribution in [2.24, 2.45) is 5.92 Å². The predicted molar refractivity (Wildman–Crippen MR) is 87.7 cm³/mol. The van der Waals surface area contributed by atoms with Gasteiger partial charge in [0.15, 0.2) is 0 Å². The quantitative estimate of drug-likeness (QED) is 0.795. The van der Waals surface area contributed by atoms with Crippen LogP contribution in [0.5, 0.6) is 0 Å². The van der Waals surface area contributed by atoms with Gasteiger partial charge in [-0.3, -0.25) is 9.59 Å². The Labute approximate surface area is 135 Å². The summed E-state index contributed by atoms with van der Waals surface area (Å²) >= 11 is 0. The van der Waals surface area contributed by atoms with Crippen LogP contribution in [-0.4, -0.2) is 28.5 Å². The number of fused-ring (bicyclic) bond motifs is 1. The second kappa shape index (κ2) is 7.76. The van der Waals surface area contributed by atoms with Gasteiger partial charge >= 0.3 is 5.97 Å². The van der Waals surface area contributed by atoms with Crippen molar-refractivity contribution < 1.29 is 14.3 Å². The van der Waals surface area contributed by atoms with Crippen molar-refractivity contribution in [2.75, 3.05) is 7.11 Å². The molecule has 0 bridgehead atoms. The number of imidazole rings is 1. The molecule has 0 atom stereocenters. The van der Waals surface area contributed by atoms with E-state index in [2.05, 4.69) is 10.3 Å². The molecule has 6 nitrogen and oxygen atoms in total. The molecule has 23 heavy (non-hydrogen) atoms. The van der Waals surface area contributed by atoms with E-state index >= 15 is 0 Å². The molecule has 1 heterocycles. The number of aromatic nitrogens is 2. The van der Waals surface area contributed by atoms with Crippen molar-refractivity contribution >= 4 is 22.9 Å². The van der Waals surface area contributed by atoms with Crippen molar-refractivity contribution in [3.8, 4) is 0 Å². The molecule has 2 rings (SSSR count).